The summed E-state index contributed by atoms with van der Waals surface area (Å²) in [7, 11) is 0. The number of aryl methyl sites for hydroxylation is 1. The minimum Gasteiger partial charge on any atom is -0.299 e. The van der Waals surface area contributed by atoms with Gasteiger partial charge in [0.1, 0.15) is 5.78 Å². The molecule has 76 valence electrons. The van der Waals surface area contributed by atoms with Crippen molar-refractivity contribution in [2.75, 3.05) is 0 Å². The molecule has 1 aromatic carbocycles. The van der Waals surface area contributed by atoms with Gasteiger partial charge in [-0.05, 0) is 18.9 Å². The molecule has 1 unspecified atom stereocenters. The first kappa shape index (κ1) is 11.0. The van der Waals surface area contributed by atoms with Gasteiger partial charge in [0.25, 0.3) is 0 Å². The quantitative estimate of drug-likeness (QED) is 0.712. The van der Waals surface area contributed by atoms with Crippen molar-refractivity contribution >= 4 is 5.78 Å². The Bertz CT molecular complexity index is 315. The van der Waals surface area contributed by atoms with Crippen LogP contribution in [0.2, 0.25) is 0 Å². The second kappa shape index (κ2) is 4.94. The van der Waals surface area contributed by atoms with Crippen LogP contribution in [0.25, 0.3) is 0 Å². The summed E-state index contributed by atoms with van der Waals surface area (Å²) in [5.41, 5.74) is 2.36. The van der Waals surface area contributed by atoms with E-state index in [4.69, 9.17) is 0 Å². The fourth-order valence-electron chi connectivity index (χ4n) is 1.43. The summed E-state index contributed by atoms with van der Waals surface area (Å²) >= 11 is 0. The van der Waals surface area contributed by atoms with Crippen LogP contribution in [0.4, 0.5) is 0 Å². The Morgan fingerprint density at radius 2 is 2.14 bits per heavy atom. The molecule has 0 bridgehead atoms. The Morgan fingerprint density at radius 1 is 1.43 bits per heavy atom. The molecule has 1 heteroatoms. The van der Waals surface area contributed by atoms with Gasteiger partial charge in [-0.2, -0.15) is 0 Å². The molecule has 1 atom stereocenters. The van der Waals surface area contributed by atoms with Gasteiger partial charge in [0.2, 0.25) is 0 Å². The molecule has 0 saturated heterocycles. The number of hydrogen-bond acceptors (Lipinski definition) is 1. The molecule has 0 aromatic heterocycles. The van der Waals surface area contributed by atoms with Crippen LogP contribution < -0.4 is 0 Å². The third kappa shape index (κ3) is 2.99. The summed E-state index contributed by atoms with van der Waals surface area (Å²) in [5, 5.41) is 0. The molecule has 0 aliphatic carbocycles. The van der Waals surface area contributed by atoms with Crippen molar-refractivity contribution in [2.24, 2.45) is 5.92 Å². The molecular weight excluding hydrogens is 172 g/mol. The van der Waals surface area contributed by atoms with E-state index in [1.807, 2.05) is 19.1 Å². The van der Waals surface area contributed by atoms with E-state index in [2.05, 4.69) is 26.0 Å². The number of hydrogen-bond donors (Lipinski definition) is 0. The first-order valence-corrected chi connectivity index (χ1v) is 5.21. The van der Waals surface area contributed by atoms with Crippen LogP contribution in [-0.2, 0) is 11.2 Å². The van der Waals surface area contributed by atoms with Crippen molar-refractivity contribution in [3.63, 3.8) is 0 Å². The SMILES string of the molecule is CCC(C)C(=O)Cc1cccc(C)c1. The number of ketones is 1. The van der Waals surface area contributed by atoms with Gasteiger partial charge in [-0.25, -0.2) is 0 Å². The van der Waals surface area contributed by atoms with Crippen LogP contribution in [0.15, 0.2) is 24.3 Å². The van der Waals surface area contributed by atoms with E-state index in [0.29, 0.717) is 12.2 Å². The topological polar surface area (TPSA) is 17.1 Å². The van der Waals surface area contributed by atoms with Crippen LogP contribution >= 0.6 is 0 Å². The molecule has 14 heavy (non-hydrogen) atoms. The minimum absolute atomic E-state index is 0.190. The number of carbonyl (C=O) groups is 1. The van der Waals surface area contributed by atoms with E-state index >= 15 is 0 Å². The number of rotatable bonds is 4. The molecule has 1 aromatic rings. The highest BCUT2D eigenvalue weighted by Gasteiger charge is 2.10. The highest BCUT2D eigenvalue weighted by molar-refractivity contribution is 5.82. The molecule has 0 aliphatic heterocycles. The van der Waals surface area contributed by atoms with E-state index in [1.54, 1.807) is 0 Å². The Hall–Kier alpha value is -1.11. The smallest absolute Gasteiger partial charge is 0.140 e. The summed E-state index contributed by atoms with van der Waals surface area (Å²) in [5.74, 6) is 0.536. The van der Waals surface area contributed by atoms with E-state index in [0.717, 1.165) is 12.0 Å². The Morgan fingerprint density at radius 3 is 2.71 bits per heavy atom. The number of benzene rings is 1. The molecule has 1 rings (SSSR count). The van der Waals surface area contributed by atoms with E-state index in [9.17, 15) is 4.79 Å². The van der Waals surface area contributed by atoms with Crippen LogP contribution in [0.3, 0.4) is 0 Å². The molecule has 0 spiro atoms. The zero-order valence-electron chi connectivity index (χ0n) is 9.21. The van der Waals surface area contributed by atoms with Crippen molar-refractivity contribution in [2.45, 2.75) is 33.6 Å². The monoisotopic (exact) mass is 190 g/mol. The lowest BCUT2D eigenvalue weighted by molar-refractivity contribution is -0.121. The third-order valence-electron chi connectivity index (χ3n) is 2.62. The largest absolute Gasteiger partial charge is 0.299 e. The molecule has 0 heterocycles. The highest BCUT2D eigenvalue weighted by Crippen LogP contribution is 2.10. The summed E-state index contributed by atoms with van der Waals surface area (Å²) in [6, 6.07) is 8.17. The maximum Gasteiger partial charge on any atom is 0.140 e. The molecule has 0 saturated carbocycles. The first-order chi connectivity index (χ1) is 6.63. The fraction of sp³-hybridized carbons (Fsp3) is 0.462. The average molecular weight is 190 g/mol. The molecular formula is C13H18O. The first-order valence-electron chi connectivity index (χ1n) is 5.21. The van der Waals surface area contributed by atoms with Gasteiger partial charge in [-0.1, -0.05) is 43.7 Å². The van der Waals surface area contributed by atoms with Gasteiger partial charge in [0, 0.05) is 12.3 Å². The maximum atomic E-state index is 11.7. The molecule has 0 N–H and O–H groups in total. The Balaban J connectivity index is 2.65. The number of carbonyl (C=O) groups excluding carboxylic acids is 1. The molecule has 0 aliphatic rings. The maximum absolute atomic E-state index is 11.7. The minimum atomic E-state index is 0.190. The predicted octanol–water partition coefficient (Wildman–Crippen LogP) is 3.15. The lowest BCUT2D eigenvalue weighted by Crippen LogP contribution is -2.12. The molecule has 0 fully saturated rings. The molecule has 0 radical (unpaired) electrons. The normalized spacial score (nSPS) is 12.5. The van der Waals surface area contributed by atoms with E-state index < -0.39 is 0 Å². The van der Waals surface area contributed by atoms with Gasteiger partial charge in [-0.3, -0.25) is 4.79 Å². The summed E-state index contributed by atoms with van der Waals surface area (Å²) in [6.45, 7) is 6.11. The Kier molecular flexibility index (Phi) is 3.87. The lowest BCUT2D eigenvalue weighted by Gasteiger charge is -2.07. The molecule has 1 nitrogen and oxygen atoms in total. The highest BCUT2D eigenvalue weighted by atomic mass is 16.1. The van der Waals surface area contributed by atoms with E-state index in [1.165, 1.54) is 5.56 Å². The van der Waals surface area contributed by atoms with Crippen molar-refractivity contribution in [1.82, 2.24) is 0 Å². The summed E-state index contributed by atoms with van der Waals surface area (Å²) in [4.78, 5) is 11.7. The van der Waals surface area contributed by atoms with Gasteiger partial charge in [-0.15, -0.1) is 0 Å². The second-order valence-corrected chi connectivity index (χ2v) is 3.94. The van der Waals surface area contributed by atoms with Crippen LogP contribution in [-0.4, -0.2) is 5.78 Å². The van der Waals surface area contributed by atoms with Crippen LogP contribution in [0.5, 0.6) is 0 Å². The number of Topliss-reactive ketones (excluding diaryl/α,β-unsaturated/α-hetero) is 1. The van der Waals surface area contributed by atoms with Gasteiger partial charge in [0.15, 0.2) is 0 Å². The van der Waals surface area contributed by atoms with E-state index in [-0.39, 0.29) is 5.92 Å². The van der Waals surface area contributed by atoms with Crippen molar-refractivity contribution < 1.29 is 4.79 Å². The average Bonchev–Trinajstić information content (AvgIpc) is 2.16. The summed E-state index contributed by atoms with van der Waals surface area (Å²) < 4.78 is 0. The standard InChI is InChI=1S/C13H18O/c1-4-11(3)13(14)9-12-7-5-6-10(2)8-12/h5-8,11H,4,9H2,1-3H3. The van der Waals surface area contributed by atoms with Gasteiger partial charge < -0.3 is 0 Å². The van der Waals surface area contributed by atoms with Crippen LogP contribution in [0, 0.1) is 12.8 Å². The summed E-state index contributed by atoms with van der Waals surface area (Å²) in [6.07, 6.45) is 1.52. The van der Waals surface area contributed by atoms with Gasteiger partial charge >= 0.3 is 0 Å². The second-order valence-electron chi connectivity index (χ2n) is 3.94. The third-order valence-corrected chi connectivity index (χ3v) is 2.62. The fourth-order valence-corrected chi connectivity index (χ4v) is 1.43. The van der Waals surface area contributed by atoms with Crippen molar-refractivity contribution in [3.8, 4) is 0 Å². The zero-order chi connectivity index (χ0) is 10.6. The zero-order valence-corrected chi connectivity index (χ0v) is 9.21. The molecule has 0 amide bonds. The Labute approximate surface area is 86.1 Å². The van der Waals surface area contributed by atoms with Crippen molar-refractivity contribution in [3.05, 3.63) is 35.4 Å². The van der Waals surface area contributed by atoms with Crippen molar-refractivity contribution in [1.29, 1.82) is 0 Å². The predicted molar refractivity (Wildman–Crippen MR) is 59.3 cm³/mol. The lowest BCUT2D eigenvalue weighted by atomic mass is 9.97. The van der Waals surface area contributed by atoms with Gasteiger partial charge in [0.05, 0.1) is 0 Å². The van der Waals surface area contributed by atoms with Crippen LogP contribution in [0.1, 0.15) is 31.4 Å².